The fourth-order valence-electron chi connectivity index (χ4n) is 4.58. The van der Waals surface area contributed by atoms with E-state index in [1.807, 2.05) is 0 Å². The third-order valence-corrected chi connectivity index (χ3v) is 6.33. The number of esters is 2. The number of rotatable bonds is 8. The Balaban J connectivity index is 1.46. The highest BCUT2D eigenvalue weighted by Crippen LogP contribution is 2.27. The van der Waals surface area contributed by atoms with Crippen molar-refractivity contribution in [2.75, 3.05) is 13.2 Å². The van der Waals surface area contributed by atoms with E-state index >= 15 is 0 Å². The molecule has 2 fully saturated rings. The van der Waals surface area contributed by atoms with Crippen LogP contribution in [0.3, 0.4) is 0 Å². The van der Waals surface area contributed by atoms with Gasteiger partial charge in [0.15, 0.2) is 0 Å². The lowest BCUT2D eigenvalue weighted by Crippen LogP contribution is -2.17. The van der Waals surface area contributed by atoms with E-state index in [-0.39, 0.29) is 0 Å². The zero-order chi connectivity index (χ0) is 19.6. The molecular formula is C24H34O4. The van der Waals surface area contributed by atoms with Gasteiger partial charge in [-0.05, 0) is 36.8 Å². The molecule has 0 N–H and O–H groups in total. The average molecular weight is 387 g/mol. The first-order chi connectivity index (χ1) is 13.7. The van der Waals surface area contributed by atoms with Gasteiger partial charge < -0.3 is 9.47 Å². The monoisotopic (exact) mass is 386 g/mol. The molecule has 154 valence electrons. The standard InChI is InChI=1S/C24H34O4/c25-23(27-17-15-19-9-3-1-4-10-19)21-13-7-8-14-22(21)24(26)28-18-16-20-11-5-2-6-12-20/h7-8,13-14,19-20H,1-6,9-12,15-18H2. The average Bonchev–Trinajstić information content (AvgIpc) is 2.75. The SMILES string of the molecule is O=C(OCCC1CCCCC1)c1ccccc1C(=O)OCCC1CCCCC1. The molecule has 2 aliphatic carbocycles. The highest BCUT2D eigenvalue weighted by atomic mass is 16.5. The Kier molecular flexibility index (Phi) is 8.38. The molecule has 0 atom stereocenters. The van der Waals surface area contributed by atoms with E-state index in [1.165, 1.54) is 64.2 Å². The summed E-state index contributed by atoms with van der Waals surface area (Å²) in [7, 11) is 0. The lowest BCUT2D eigenvalue weighted by Gasteiger charge is -2.21. The van der Waals surface area contributed by atoms with Gasteiger partial charge in [-0.25, -0.2) is 9.59 Å². The lowest BCUT2D eigenvalue weighted by atomic mass is 9.87. The van der Waals surface area contributed by atoms with Gasteiger partial charge in [-0.3, -0.25) is 0 Å². The maximum Gasteiger partial charge on any atom is 0.339 e. The maximum atomic E-state index is 12.5. The number of hydrogen-bond donors (Lipinski definition) is 0. The Hall–Kier alpha value is -1.84. The summed E-state index contributed by atoms with van der Waals surface area (Å²) in [5.74, 6) is 0.495. The van der Waals surface area contributed by atoms with Crippen LogP contribution in [0.4, 0.5) is 0 Å². The Morgan fingerprint density at radius 3 is 1.46 bits per heavy atom. The van der Waals surface area contributed by atoms with Gasteiger partial charge >= 0.3 is 11.9 Å². The minimum absolute atomic E-state index is 0.314. The second kappa shape index (κ2) is 11.2. The number of benzene rings is 1. The molecule has 28 heavy (non-hydrogen) atoms. The van der Waals surface area contributed by atoms with Gasteiger partial charge in [-0.15, -0.1) is 0 Å². The molecule has 4 heteroatoms. The second-order valence-corrected chi connectivity index (χ2v) is 8.40. The van der Waals surface area contributed by atoms with Crippen LogP contribution < -0.4 is 0 Å². The molecule has 1 aromatic carbocycles. The van der Waals surface area contributed by atoms with Crippen LogP contribution in [-0.4, -0.2) is 25.2 Å². The molecule has 4 nitrogen and oxygen atoms in total. The molecule has 0 bridgehead atoms. The summed E-state index contributed by atoms with van der Waals surface area (Å²) in [6, 6.07) is 6.83. The van der Waals surface area contributed by atoms with Crippen LogP contribution in [0.1, 0.15) is 97.8 Å². The van der Waals surface area contributed by atoms with Crippen LogP contribution >= 0.6 is 0 Å². The van der Waals surface area contributed by atoms with Crippen LogP contribution in [0.5, 0.6) is 0 Å². The lowest BCUT2D eigenvalue weighted by molar-refractivity contribution is 0.0427. The van der Waals surface area contributed by atoms with Crippen molar-refractivity contribution in [1.29, 1.82) is 0 Å². The molecule has 1 aromatic rings. The topological polar surface area (TPSA) is 52.6 Å². The summed E-state index contributed by atoms with van der Waals surface area (Å²) < 4.78 is 10.9. The van der Waals surface area contributed by atoms with Gasteiger partial charge in [0.2, 0.25) is 0 Å². The van der Waals surface area contributed by atoms with Crippen LogP contribution in [0, 0.1) is 11.8 Å². The zero-order valence-electron chi connectivity index (χ0n) is 17.0. The van der Waals surface area contributed by atoms with E-state index in [0.717, 1.165) is 12.8 Å². The highest BCUT2D eigenvalue weighted by molar-refractivity contribution is 6.03. The smallest absolute Gasteiger partial charge is 0.339 e. The predicted octanol–water partition coefficient (Wildman–Crippen LogP) is 5.94. The van der Waals surface area contributed by atoms with Crippen molar-refractivity contribution in [3.05, 3.63) is 35.4 Å². The van der Waals surface area contributed by atoms with E-state index in [0.29, 0.717) is 36.2 Å². The molecular weight excluding hydrogens is 352 g/mol. The van der Waals surface area contributed by atoms with Gasteiger partial charge in [0, 0.05) is 0 Å². The third-order valence-electron chi connectivity index (χ3n) is 6.33. The Labute approximate surface area is 169 Å². The van der Waals surface area contributed by atoms with E-state index in [2.05, 4.69) is 0 Å². The molecule has 2 aliphatic rings. The van der Waals surface area contributed by atoms with Gasteiger partial charge in [-0.1, -0.05) is 76.3 Å². The summed E-state index contributed by atoms with van der Waals surface area (Å²) in [6.45, 7) is 0.850. The van der Waals surface area contributed by atoms with Crippen LogP contribution in [0.25, 0.3) is 0 Å². The second-order valence-electron chi connectivity index (χ2n) is 8.40. The van der Waals surface area contributed by atoms with Crippen molar-refractivity contribution in [3.63, 3.8) is 0 Å². The first kappa shape index (κ1) is 20.9. The first-order valence-corrected chi connectivity index (χ1v) is 11.2. The number of carbonyl (C=O) groups excluding carboxylic acids is 2. The normalized spacial score (nSPS) is 18.6. The Bertz CT molecular complexity index is 572. The summed E-state index contributed by atoms with van der Waals surface area (Å²) in [4.78, 5) is 25.0. The minimum atomic E-state index is -0.421. The molecule has 3 rings (SSSR count). The van der Waals surface area contributed by atoms with E-state index < -0.39 is 11.9 Å². The number of carbonyl (C=O) groups is 2. The number of hydrogen-bond acceptors (Lipinski definition) is 4. The van der Waals surface area contributed by atoms with E-state index in [1.54, 1.807) is 24.3 Å². The minimum Gasteiger partial charge on any atom is -0.462 e. The maximum absolute atomic E-state index is 12.5. The van der Waals surface area contributed by atoms with Gasteiger partial charge in [0.05, 0.1) is 24.3 Å². The van der Waals surface area contributed by atoms with Crippen molar-refractivity contribution in [2.45, 2.75) is 77.0 Å². The van der Waals surface area contributed by atoms with Gasteiger partial charge in [-0.2, -0.15) is 0 Å². The van der Waals surface area contributed by atoms with E-state index in [9.17, 15) is 9.59 Å². The summed E-state index contributed by atoms with van der Waals surface area (Å²) in [5, 5.41) is 0. The van der Waals surface area contributed by atoms with Gasteiger partial charge in [0.1, 0.15) is 0 Å². The molecule has 0 spiro atoms. The molecule has 0 aliphatic heterocycles. The first-order valence-electron chi connectivity index (χ1n) is 11.2. The molecule has 0 saturated heterocycles. The summed E-state index contributed by atoms with van der Waals surface area (Å²) in [5.41, 5.74) is 0.627. The van der Waals surface area contributed by atoms with Crippen LogP contribution in [-0.2, 0) is 9.47 Å². The molecule has 0 radical (unpaired) electrons. The largest absolute Gasteiger partial charge is 0.462 e. The Morgan fingerprint density at radius 2 is 1.07 bits per heavy atom. The summed E-state index contributed by atoms with van der Waals surface area (Å²) in [6.07, 6.45) is 14.6. The molecule has 0 heterocycles. The number of ether oxygens (including phenoxy) is 2. The highest BCUT2D eigenvalue weighted by Gasteiger charge is 2.21. The van der Waals surface area contributed by atoms with Crippen molar-refractivity contribution < 1.29 is 19.1 Å². The molecule has 0 amide bonds. The van der Waals surface area contributed by atoms with Crippen molar-refractivity contribution in [3.8, 4) is 0 Å². The third kappa shape index (κ3) is 6.35. The van der Waals surface area contributed by atoms with Crippen molar-refractivity contribution in [2.24, 2.45) is 11.8 Å². The quantitative estimate of drug-likeness (QED) is 0.519. The molecule has 0 aromatic heterocycles. The van der Waals surface area contributed by atoms with Crippen molar-refractivity contribution in [1.82, 2.24) is 0 Å². The van der Waals surface area contributed by atoms with Crippen LogP contribution in [0.15, 0.2) is 24.3 Å². The fraction of sp³-hybridized carbons (Fsp3) is 0.667. The summed E-state index contributed by atoms with van der Waals surface area (Å²) >= 11 is 0. The van der Waals surface area contributed by atoms with Gasteiger partial charge in [0.25, 0.3) is 0 Å². The van der Waals surface area contributed by atoms with Crippen LogP contribution in [0.2, 0.25) is 0 Å². The zero-order valence-corrected chi connectivity index (χ0v) is 17.0. The van der Waals surface area contributed by atoms with E-state index in [4.69, 9.17) is 9.47 Å². The Morgan fingerprint density at radius 1 is 0.679 bits per heavy atom. The molecule has 2 saturated carbocycles. The predicted molar refractivity (Wildman–Crippen MR) is 109 cm³/mol. The molecule has 0 unspecified atom stereocenters. The van der Waals surface area contributed by atoms with Crippen molar-refractivity contribution >= 4 is 11.9 Å². The fourth-order valence-corrected chi connectivity index (χ4v) is 4.58.